The number of halogens is 1. The van der Waals surface area contributed by atoms with Crippen LogP contribution in [0, 0.1) is 0 Å². The van der Waals surface area contributed by atoms with Crippen LogP contribution in [-0.2, 0) is 11.3 Å². The van der Waals surface area contributed by atoms with Crippen LogP contribution < -0.4 is 15.0 Å². The number of rotatable bonds is 7. The Kier molecular flexibility index (Phi) is 6.45. The average Bonchev–Trinajstić information content (AvgIpc) is 3.10. The molecule has 7 heteroatoms. The van der Waals surface area contributed by atoms with E-state index in [0.717, 1.165) is 32.6 Å². The van der Waals surface area contributed by atoms with Gasteiger partial charge in [-0.05, 0) is 30.3 Å². The quantitative estimate of drug-likeness (QED) is 0.638. The molecule has 0 aliphatic carbocycles. The molecule has 0 radical (unpaired) electrons. The fraction of sp³-hybridized carbons (Fsp3) is 0.200. The van der Waals surface area contributed by atoms with Crippen LogP contribution in [0.5, 0.6) is 5.75 Å². The molecule has 2 N–H and O–H groups in total. The maximum atomic E-state index is 12.2. The molecule has 1 aromatic heterocycles. The summed E-state index contributed by atoms with van der Waals surface area (Å²) in [5.74, 6) is 0.716. The number of methoxy groups -OCH3 is 1. The summed E-state index contributed by atoms with van der Waals surface area (Å²) in [5.41, 5.74) is 2.64. The summed E-state index contributed by atoms with van der Waals surface area (Å²) in [6.07, 6.45) is 0. The van der Waals surface area contributed by atoms with Gasteiger partial charge in [0.2, 0.25) is 0 Å². The lowest BCUT2D eigenvalue weighted by molar-refractivity contribution is -0.885. The Morgan fingerprint density at radius 2 is 1.96 bits per heavy atom. The molecule has 0 aliphatic rings. The van der Waals surface area contributed by atoms with Gasteiger partial charge in [-0.1, -0.05) is 29.8 Å². The molecule has 0 saturated heterocycles. The molecule has 0 aliphatic heterocycles. The van der Waals surface area contributed by atoms with E-state index in [1.54, 1.807) is 18.4 Å². The maximum absolute atomic E-state index is 12.2. The van der Waals surface area contributed by atoms with Gasteiger partial charge in [-0.15, -0.1) is 11.3 Å². The van der Waals surface area contributed by atoms with Crippen molar-refractivity contribution in [3.8, 4) is 16.3 Å². The molecule has 0 bridgehead atoms. The van der Waals surface area contributed by atoms with Crippen LogP contribution in [0.25, 0.3) is 10.6 Å². The van der Waals surface area contributed by atoms with Crippen molar-refractivity contribution in [3.05, 3.63) is 64.6 Å². The van der Waals surface area contributed by atoms with Crippen molar-refractivity contribution in [2.45, 2.75) is 6.54 Å². The zero-order valence-corrected chi connectivity index (χ0v) is 16.7. The molecule has 1 atom stereocenters. The number of carbonyl (C=O) groups is 1. The predicted octanol–water partition coefficient (Wildman–Crippen LogP) is 3.13. The van der Waals surface area contributed by atoms with E-state index in [1.165, 1.54) is 0 Å². The molecule has 1 amide bonds. The number of nitrogens with zero attached hydrogens (tertiary/aromatic N) is 1. The normalized spacial score (nSPS) is 11.8. The van der Waals surface area contributed by atoms with E-state index in [4.69, 9.17) is 16.3 Å². The molecular formula is C20H21ClN3O2S+. The Hall–Kier alpha value is -2.41. The SMILES string of the molecule is COc1ccc(NC(=O)C[NH+](C)Cc2csc(-c3ccccc3Cl)n2)cc1. The Bertz CT molecular complexity index is 912. The topological polar surface area (TPSA) is 55.7 Å². The van der Waals surface area contributed by atoms with Crippen LogP contribution in [0.15, 0.2) is 53.9 Å². The van der Waals surface area contributed by atoms with Crippen LogP contribution in [0.2, 0.25) is 5.02 Å². The Morgan fingerprint density at radius 1 is 1.22 bits per heavy atom. The van der Waals surface area contributed by atoms with Gasteiger partial charge < -0.3 is 15.0 Å². The van der Waals surface area contributed by atoms with Crippen LogP contribution in [0.3, 0.4) is 0 Å². The lowest BCUT2D eigenvalue weighted by Gasteiger charge is -2.12. The highest BCUT2D eigenvalue weighted by Crippen LogP contribution is 2.29. The van der Waals surface area contributed by atoms with E-state index in [9.17, 15) is 4.79 Å². The minimum Gasteiger partial charge on any atom is -0.497 e. The smallest absolute Gasteiger partial charge is 0.279 e. The predicted molar refractivity (Wildman–Crippen MR) is 110 cm³/mol. The maximum Gasteiger partial charge on any atom is 0.279 e. The lowest BCUT2D eigenvalue weighted by atomic mass is 10.2. The second-order valence-corrected chi connectivity index (χ2v) is 7.48. The van der Waals surface area contributed by atoms with Crippen molar-refractivity contribution < 1.29 is 14.4 Å². The molecule has 27 heavy (non-hydrogen) atoms. The largest absolute Gasteiger partial charge is 0.497 e. The number of benzene rings is 2. The summed E-state index contributed by atoms with van der Waals surface area (Å²) in [4.78, 5) is 18.0. The zero-order valence-electron chi connectivity index (χ0n) is 15.2. The van der Waals surface area contributed by atoms with Crippen molar-refractivity contribution in [2.75, 3.05) is 26.0 Å². The molecule has 1 unspecified atom stereocenters. The van der Waals surface area contributed by atoms with E-state index in [2.05, 4.69) is 10.3 Å². The van der Waals surface area contributed by atoms with E-state index >= 15 is 0 Å². The molecular weight excluding hydrogens is 382 g/mol. The third-order valence-corrected chi connectivity index (χ3v) is 5.23. The number of hydrogen-bond acceptors (Lipinski definition) is 4. The van der Waals surface area contributed by atoms with Crippen molar-refractivity contribution in [2.24, 2.45) is 0 Å². The van der Waals surface area contributed by atoms with Gasteiger partial charge in [0.1, 0.15) is 23.0 Å². The highest BCUT2D eigenvalue weighted by atomic mass is 35.5. The fourth-order valence-corrected chi connectivity index (χ4v) is 3.81. The number of amides is 1. The Labute approximate surface area is 167 Å². The van der Waals surface area contributed by atoms with Crippen LogP contribution in [-0.4, -0.2) is 31.6 Å². The van der Waals surface area contributed by atoms with Crippen molar-refractivity contribution in [1.29, 1.82) is 0 Å². The molecule has 140 valence electrons. The first kappa shape index (κ1) is 19.4. The van der Waals surface area contributed by atoms with Gasteiger partial charge in [-0.25, -0.2) is 4.98 Å². The Morgan fingerprint density at radius 3 is 2.67 bits per heavy atom. The van der Waals surface area contributed by atoms with Gasteiger partial charge in [0.05, 0.1) is 19.2 Å². The molecule has 1 heterocycles. The highest BCUT2D eigenvalue weighted by Gasteiger charge is 2.14. The van der Waals surface area contributed by atoms with Crippen molar-refractivity contribution in [3.63, 3.8) is 0 Å². The Balaban J connectivity index is 1.55. The minimum absolute atomic E-state index is 0.0424. The highest BCUT2D eigenvalue weighted by molar-refractivity contribution is 7.13. The third-order valence-electron chi connectivity index (χ3n) is 3.98. The number of aromatic nitrogens is 1. The number of carbonyl (C=O) groups excluding carboxylic acids is 1. The standard InChI is InChI=1S/C20H20ClN3O2S/c1-24(12-19(25)22-14-7-9-16(26-2)10-8-14)11-15-13-27-20(23-15)17-5-3-4-6-18(17)21/h3-10,13H,11-12H2,1-2H3,(H,22,25)/p+1. The molecule has 2 aromatic carbocycles. The summed E-state index contributed by atoms with van der Waals surface area (Å²) >= 11 is 7.80. The number of quaternary nitrogens is 1. The summed E-state index contributed by atoms with van der Waals surface area (Å²) in [6.45, 7) is 1.02. The molecule has 0 saturated carbocycles. The third kappa shape index (κ3) is 5.29. The zero-order chi connectivity index (χ0) is 19.2. The lowest BCUT2D eigenvalue weighted by Crippen LogP contribution is -3.08. The second-order valence-electron chi connectivity index (χ2n) is 6.21. The number of ether oxygens (including phenoxy) is 1. The first-order valence-corrected chi connectivity index (χ1v) is 9.75. The number of nitrogens with one attached hydrogen (secondary N) is 2. The molecule has 3 rings (SSSR count). The van der Waals surface area contributed by atoms with Gasteiger partial charge >= 0.3 is 0 Å². The van der Waals surface area contributed by atoms with E-state index in [1.807, 2.05) is 61.0 Å². The van der Waals surface area contributed by atoms with Crippen LogP contribution in [0.4, 0.5) is 5.69 Å². The summed E-state index contributed by atoms with van der Waals surface area (Å²) in [6, 6.07) is 15.0. The number of likely N-dealkylation sites (N-methyl/N-ethyl adjacent to an activating group) is 1. The molecule has 0 fully saturated rings. The number of anilines is 1. The first-order chi connectivity index (χ1) is 13.0. The van der Waals surface area contributed by atoms with Gasteiger partial charge in [-0.3, -0.25) is 4.79 Å². The van der Waals surface area contributed by atoms with Crippen LogP contribution in [0.1, 0.15) is 5.69 Å². The fourth-order valence-electron chi connectivity index (χ4n) is 2.67. The van der Waals surface area contributed by atoms with E-state index in [0.29, 0.717) is 18.1 Å². The molecule has 0 spiro atoms. The van der Waals surface area contributed by atoms with Crippen LogP contribution >= 0.6 is 22.9 Å². The molecule has 5 nitrogen and oxygen atoms in total. The van der Waals surface area contributed by atoms with Gasteiger partial charge in [0.15, 0.2) is 6.54 Å². The van der Waals surface area contributed by atoms with Crippen molar-refractivity contribution in [1.82, 2.24) is 4.98 Å². The molecule has 3 aromatic rings. The van der Waals surface area contributed by atoms with Gasteiger partial charge in [-0.2, -0.15) is 0 Å². The van der Waals surface area contributed by atoms with E-state index < -0.39 is 0 Å². The summed E-state index contributed by atoms with van der Waals surface area (Å²) in [5, 5.41) is 6.50. The first-order valence-electron chi connectivity index (χ1n) is 8.49. The second kappa shape index (κ2) is 8.99. The number of thiazole rings is 1. The van der Waals surface area contributed by atoms with Gasteiger partial charge in [0, 0.05) is 16.6 Å². The van der Waals surface area contributed by atoms with Gasteiger partial charge in [0.25, 0.3) is 5.91 Å². The minimum atomic E-state index is -0.0424. The average molecular weight is 403 g/mol. The van der Waals surface area contributed by atoms with E-state index in [-0.39, 0.29) is 5.91 Å². The monoisotopic (exact) mass is 402 g/mol. The number of hydrogen-bond donors (Lipinski definition) is 2. The van der Waals surface area contributed by atoms with Crippen molar-refractivity contribution >= 4 is 34.5 Å². The summed E-state index contributed by atoms with van der Waals surface area (Å²) in [7, 11) is 3.59. The summed E-state index contributed by atoms with van der Waals surface area (Å²) < 4.78 is 5.12.